The minimum absolute atomic E-state index is 0.0378. The molecule has 1 aliphatic heterocycles. The predicted molar refractivity (Wildman–Crippen MR) is 111 cm³/mol. The maximum Gasteiger partial charge on any atom is 0.231 e. The normalized spacial score (nSPS) is 13.7. The molecule has 3 aromatic rings. The van der Waals surface area contributed by atoms with Gasteiger partial charge >= 0.3 is 0 Å². The number of carbonyl (C=O) groups excluding carboxylic acids is 1. The van der Waals surface area contributed by atoms with Crippen molar-refractivity contribution >= 4 is 39.2 Å². The van der Waals surface area contributed by atoms with E-state index < -0.39 is 0 Å². The largest absolute Gasteiger partial charge is 0.454 e. The molecule has 28 heavy (non-hydrogen) atoms. The van der Waals surface area contributed by atoms with E-state index in [1.165, 1.54) is 22.2 Å². The number of thioether (sulfide) groups is 1. The summed E-state index contributed by atoms with van der Waals surface area (Å²) < 4.78 is 10.7. The highest BCUT2D eigenvalue weighted by atomic mass is 32.2. The van der Waals surface area contributed by atoms with Crippen LogP contribution in [0.3, 0.4) is 0 Å². The van der Waals surface area contributed by atoms with Gasteiger partial charge in [-0.3, -0.25) is 4.79 Å². The molecule has 8 heteroatoms. The lowest BCUT2D eigenvalue weighted by Crippen LogP contribution is -2.28. The quantitative estimate of drug-likeness (QED) is 0.494. The molecular weight excluding hydrogens is 394 g/mol. The van der Waals surface area contributed by atoms with Crippen molar-refractivity contribution in [3.05, 3.63) is 40.0 Å². The van der Waals surface area contributed by atoms with E-state index in [4.69, 9.17) is 9.47 Å². The van der Waals surface area contributed by atoms with Crippen molar-refractivity contribution < 1.29 is 14.3 Å². The number of nitrogens with zero attached hydrogens (tertiary/aromatic N) is 2. The fraction of sp³-hybridized carbons (Fsp3) is 0.350. The van der Waals surface area contributed by atoms with Gasteiger partial charge in [0.2, 0.25) is 12.7 Å². The monoisotopic (exact) mass is 415 g/mol. The molecule has 0 bridgehead atoms. The van der Waals surface area contributed by atoms with Crippen LogP contribution >= 0.6 is 23.1 Å². The summed E-state index contributed by atoms with van der Waals surface area (Å²) in [5.74, 6) is 2.45. The average Bonchev–Trinajstić information content (AvgIpc) is 3.23. The zero-order valence-electron chi connectivity index (χ0n) is 16.2. The van der Waals surface area contributed by atoms with Gasteiger partial charge < -0.3 is 14.8 Å². The SMILES string of the molecule is Cc1nc(SCC(=O)NC(C)c2ccc3c(c2)OCO3)c2c(C)c(C)sc2n1. The van der Waals surface area contributed by atoms with E-state index >= 15 is 0 Å². The Balaban J connectivity index is 1.44. The molecule has 1 atom stereocenters. The third-order valence-electron chi connectivity index (χ3n) is 4.72. The van der Waals surface area contributed by atoms with Crippen molar-refractivity contribution in [3.8, 4) is 11.5 Å². The van der Waals surface area contributed by atoms with Crippen LogP contribution in [0.1, 0.15) is 34.8 Å². The van der Waals surface area contributed by atoms with Crippen LogP contribution in [0.5, 0.6) is 11.5 Å². The number of aryl methyl sites for hydroxylation is 3. The van der Waals surface area contributed by atoms with Gasteiger partial charge in [-0.05, 0) is 51.0 Å². The number of amides is 1. The molecule has 146 valence electrons. The topological polar surface area (TPSA) is 73.3 Å². The first-order valence-corrected chi connectivity index (χ1v) is 10.8. The molecule has 0 saturated carbocycles. The average molecular weight is 416 g/mol. The Hall–Kier alpha value is -2.32. The van der Waals surface area contributed by atoms with Crippen LogP contribution in [-0.2, 0) is 4.79 Å². The summed E-state index contributed by atoms with van der Waals surface area (Å²) in [6.07, 6.45) is 0. The Bertz CT molecular complexity index is 1060. The van der Waals surface area contributed by atoms with Crippen molar-refractivity contribution in [1.82, 2.24) is 15.3 Å². The molecular formula is C20H21N3O3S2. The fourth-order valence-electron chi connectivity index (χ4n) is 3.10. The van der Waals surface area contributed by atoms with Crippen molar-refractivity contribution in [2.45, 2.75) is 38.8 Å². The summed E-state index contributed by atoms with van der Waals surface area (Å²) in [6, 6.07) is 5.60. The van der Waals surface area contributed by atoms with Gasteiger partial charge in [0.15, 0.2) is 11.5 Å². The van der Waals surface area contributed by atoms with E-state index in [0.29, 0.717) is 5.75 Å². The summed E-state index contributed by atoms with van der Waals surface area (Å²) >= 11 is 3.13. The van der Waals surface area contributed by atoms with E-state index in [9.17, 15) is 4.79 Å². The van der Waals surface area contributed by atoms with E-state index in [0.717, 1.165) is 38.1 Å². The maximum atomic E-state index is 12.5. The molecule has 1 unspecified atom stereocenters. The standard InChI is InChI=1S/C20H21N3O3S2/c1-10-12(3)28-20-18(10)19(22-13(4)23-20)27-8-17(24)21-11(2)14-5-6-15-16(7-14)26-9-25-15/h5-7,11H,8-9H2,1-4H3,(H,21,24). The van der Waals surface area contributed by atoms with E-state index in [1.54, 1.807) is 11.3 Å². The highest BCUT2D eigenvalue weighted by Crippen LogP contribution is 2.36. The van der Waals surface area contributed by atoms with Crippen molar-refractivity contribution in [2.75, 3.05) is 12.5 Å². The predicted octanol–water partition coefficient (Wildman–Crippen LogP) is 4.31. The molecule has 3 heterocycles. The molecule has 0 radical (unpaired) electrons. The van der Waals surface area contributed by atoms with E-state index in [-0.39, 0.29) is 18.7 Å². The molecule has 1 amide bonds. The number of ether oxygens (including phenoxy) is 2. The number of hydrogen-bond donors (Lipinski definition) is 1. The number of benzene rings is 1. The minimum Gasteiger partial charge on any atom is -0.454 e. The second-order valence-electron chi connectivity index (χ2n) is 6.73. The molecule has 1 aliphatic rings. The van der Waals surface area contributed by atoms with Gasteiger partial charge in [-0.1, -0.05) is 17.8 Å². The first-order chi connectivity index (χ1) is 13.4. The van der Waals surface area contributed by atoms with E-state index in [1.807, 2.05) is 32.0 Å². The van der Waals surface area contributed by atoms with Gasteiger partial charge in [0.25, 0.3) is 0 Å². The maximum absolute atomic E-state index is 12.5. The second-order valence-corrected chi connectivity index (χ2v) is 8.90. The number of carbonyl (C=O) groups is 1. The Labute approximate surface area is 171 Å². The Morgan fingerprint density at radius 2 is 2.04 bits per heavy atom. The number of rotatable bonds is 5. The van der Waals surface area contributed by atoms with Crippen LogP contribution in [0.4, 0.5) is 0 Å². The van der Waals surface area contributed by atoms with Gasteiger partial charge in [-0.25, -0.2) is 9.97 Å². The molecule has 1 aromatic carbocycles. The molecule has 0 spiro atoms. The van der Waals surface area contributed by atoms with Crippen LogP contribution in [0.25, 0.3) is 10.2 Å². The second kappa shape index (κ2) is 7.60. The Morgan fingerprint density at radius 3 is 2.86 bits per heavy atom. The molecule has 1 N–H and O–H groups in total. The zero-order chi connectivity index (χ0) is 19.8. The fourth-order valence-corrected chi connectivity index (χ4v) is 5.18. The van der Waals surface area contributed by atoms with Crippen LogP contribution in [-0.4, -0.2) is 28.4 Å². The van der Waals surface area contributed by atoms with Crippen molar-refractivity contribution in [2.24, 2.45) is 0 Å². The van der Waals surface area contributed by atoms with Crippen LogP contribution < -0.4 is 14.8 Å². The van der Waals surface area contributed by atoms with Gasteiger partial charge in [0, 0.05) is 10.3 Å². The van der Waals surface area contributed by atoms with Crippen LogP contribution in [0, 0.1) is 20.8 Å². The number of thiophene rings is 1. The lowest BCUT2D eigenvalue weighted by Gasteiger charge is -2.15. The van der Waals surface area contributed by atoms with Crippen molar-refractivity contribution in [3.63, 3.8) is 0 Å². The number of nitrogens with one attached hydrogen (secondary N) is 1. The first kappa shape index (κ1) is 19.0. The molecule has 0 aliphatic carbocycles. The summed E-state index contributed by atoms with van der Waals surface area (Å²) in [5.41, 5.74) is 2.17. The third kappa shape index (κ3) is 3.66. The summed E-state index contributed by atoms with van der Waals surface area (Å²) in [7, 11) is 0. The highest BCUT2D eigenvalue weighted by molar-refractivity contribution is 8.00. The third-order valence-corrected chi connectivity index (χ3v) is 6.80. The first-order valence-electron chi connectivity index (χ1n) is 8.98. The smallest absolute Gasteiger partial charge is 0.231 e. The summed E-state index contributed by atoms with van der Waals surface area (Å²) in [5, 5.41) is 4.98. The number of hydrogen-bond acceptors (Lipinski definition) is 7. The van der Waals surface area contributed by atoms with Gasteiger partial charge in [-0.15, -0.1) is 11.3 Å². The molecule has 2 aromatic heterocycles. The summed E-state index contributed by atoms with van der Waals surface area (Å²) in [4.78, 5) is 23.8. The number of fused-ring (bicyclic) bond motifs is 2. The van der Waals surface area contributed by atoms with Crippen LogP contribution in [0.15, 0.2) is 23.2 Å². The van der Waals surface area contributed by atoms with Crippen LogP contribution in [0.2, 0.25) is 0 Å². The van der Waals surface area contributed by atoms with E-state index in [2.05, 4.69) is 29.1 Å². The molecule has 4 rings (SSSR count). The molecule has 0 saturated heterocycles. The van der Waals surface area contributed by atoms with Crippen molar-refractivity contribution in [1.29, 1.82) is 0 Å². The zero-order valence-corrected chi connectivity index (χ0v) is 17.8. The highest BCUT2D eigenvalue weighted by Gasteiger charge is 2.18. The van der Waals surface area contributed by atoms with Gasteiger partial charge in [0.1, 0.15) is 15.7 Å². The summed E-state index contributed by atoms with van der Waals surface area (Å²) in [6.45, 7) is 8.25. The Kier molecular flexibility index (Phi) is 5.16. The molecule has 0 fully saturated rings. The molecule has 6 nitrogen and oxygen atoms in total. The Morgan fingerprint density at radius 1 is 1.25 bits per heavy atom. The lowest BCUT2D eigenvalue weighted by molar-refractivity contribution is -0.119. The lowest BCUT2D eigenvalue weighted by atomic mass is 10.1. The number of aromatic nitrogens is 2. The van der Waals surface area contributed by atoms with Gasteiger partial charge in [0.05, 0.1) is 11.8 Å². The minimum atomic E-state index is -0.125. The van der Waals surface area contributed by atoms with Gasteiger partial charge in [-0.2, -0.15) is 0 Å².